The van der Waals surface area contributed by atoms with Gasteiger partial charge in [0.2, 0.25) is 0 Å². The summed E-state index contributed by atoms with van der Waals surface area (Å²) in [5.41, 5.74) is -0.365. The second-order valence-corrected chi connectivity index (χ2v) is 2.75. The Morgan fingerprint density at radius 1 is 1.42 bits per heavy atom. The van der Waals surface area contributed by atoms with Crippen molar-refractivity contribution in [1.29, 1.82) is 0 Å². The summed E-state index contributed by atoms with van der Waals surface area (Å²) in [7, 11) is 1.64. The van der Waals surface area contributed by atoms with Crippen molar-refractivity contribution in [1.82, 2.24) is 0 Å². The predicted octanol–water partition coefficient (Wildman–Crippen LogP) is 1.54. The van der Waals surface area contributed by atoms with Crippen molar-refractivity contribution in [2.75, 3.05) is 13.7 Å². The molecule has 0 aromatic heterocycles. The summed E-state index contributed by atoms with van der Waals surface area (Å²) < 4.78 is 0. The maximum atomic E-state index is 8.86. The van der Waals surface area contributed by atoms with Gasteiger partial charge < -0.3 is 5.11 Å². The van der Waals surface area contributed by atoms with Crippen LogP contribution >= 0.6 is 0 Å². The van der Waals surface area contributed by atoms with E-state index in [9.17, 15) is 0 Å². The van der Waals surface area contributed by atoms with Gasteiger partial charge in [-0.2, -0.15) is 0 Å². The molecule has 0 rings (SSSR count). The SMILES string of the molecule is C=C.C=NC(=NC)C(C)(C)CO. The molecule has 0 atom stereocenters. The van der Waals surface area contributed by atoms with Crippen LogP contribution in [0.1, 0.15) is 13.8 Å². The van der Waals surface area contributed by atoms with E-state index in [1.165, 1.54) is 0 Å². The highest BCUT2D eigenvalue weighted by atomic mass is 16.3. The zero-order valence-electron chi connectivity index (χ0n) is 8.17. The highest BCUT2D eigenvalue weighted by Gasteiger charge is 2.22. The number of hydrogen-bond donors (Lipinski definition) is 1. The molecular formula is C9H18N2O. The van der Waals surface area contributed by atoms with E-state index in [0.717, 1.165) is 0 Å². The Labute approximate surface area is 74.6 Å². The Bertz CT molecular complexity index is 162. The van der Waals surface area contributed by atoms with Gasteiger partial charge in [-0.15, -0.1) is 13.2 Å². The third kappa shape index (κ3) is 4.03. The van der Waals surface area contributed by atoms with Crippen LogP contribution in [-0.2, 0) is 0 Å². The molecule has 0 amide bonds. The number of amidine groups is 1. The highest BCUT2D eigenvalue weighted by molar-refractivity contribution is 5.90. The molecule has 70 valence electrons. The number of aliphatic imine (C=N–C) groups is 2. The molecule has 3 nitrogen and oxygen atoms in total. The molecule has 0 saturated heterocycles. The van der Waals surface area contributed by atoms with E-state index in [-0.39, 0.29) is 12.0 Å². The minimum atomic E-state index is -0.365. The standard InChI is InChI=1S/C7H14N2O.C2H4/c1-7(2,5-10)6(8-3)9-4;1-2/h10H,3,5H2,1-2,4H3;1-2H2. The van der Waals surface area contributed by atoms with Crippen LogP contribution in [0.15, 0.2) is 23.1 Å². The summed E-state index contributed by atoms with van der Waals surface area (Å²) >= 11 is 0. The third-order valence-electron chi connectivity index (χ3n) is 1.36. The van der Waals surface area contributed by atoms with Crippen LogP contribution in [0, 0.1) is 5.41 Å². The van der Waals surface area contributed by atoms with Crippen LogP contribution in [-0.4, -0.2) is 31.3 Å². The lowest BCUT2D eigenvalue weighted by atomic mass is 9.93. The number of aliphatic hydroxyl groups is 1. The molecular weight excluding hydrogens is 152 g/mol. The Morgan fingerprint density at radius 3 is 1.92 bits per heavy atom. The van der Waals surface area contributed by atoms with E-state index >= 15 is 0 Å². The van der Waals surface area contributed by atoms with Crippen molar-refractivity contribution >= 4 is 12.6 Å². The Kier molecular flexibility index (Phi) is 7.64. The predicted molar refractivity (Wildman–Crippen MR) is 55.0 cm³/mol. The maximum absolute atomic E-state index is 8.86. The van der Waals surface area contributed by atoms with Gasteiger partial charge in [-0.1, -0.05) is 13.8 Å². The van der Waals surface area contributed by atoms with E-state index < -0.39 is 0 Å². The van der Waals surface area contributed by atoms with Gasteiger partial charge in [0.05, 0.1) is 6.61 Å². The summed E-state index contributed by atoms with van der Waals surface area (Å²) in [6.45, 7) is 13.1. The van der Waals surface area contributed by atoms with E-state index in [0.29, 0.717) is 5.84 Å². The lowest BCUT2D eigenvalue weighted by Crippen LogP contribution is -2.26. The van der Waals surface area contributed by atoms with Crippen molar-refractivity contribution in [2.45, 2.75) is 13.8 Å². The van der Waals surface area contributed by atoms with Gasteiger partial charge in [0.15, 0.2) is 0 Å². The first-order chi connectivity index (χ1) is 5.58. The summed E-state index contributed by atoms with van der Waals surface area (Å²) in [4.78, 5) is 7.57. The van der Waals surface area contributed by atoms with E-state index in [1.807, 2.05) is 13.8 Å². The first-order valence-electron chi connectivity index (χ1n) is 3.63. The molecule has 0 aliphatic heterocycles. The maximum Gasteiger partial charge on any atom is 0.130 e. The lowest BCUT2D eigenvalue weighted by Gasteiger charge is -2.19. The fourth-order valence-electron chi connectivity index (χ4n) is 0.658. The Morgan fingerprint density at radius 2 is 1.83 bits per heavy atom. The zero-order valence-corrected chi connectivity index (χ0v) is 8.17. The first-order valence-corrected chi connectivity index (χ1v) is 3.63. The molecule has 12 heavy (non-hydrogen) atoms. The molecule has 0 fully saturated rings. The molecule has 1 N–H and O–H groups in total. The average Bonchev–Trinajstić information content (AvgIpc) is 2.10. The van der Waals surface area contributed by atoms with Crippen LogP contribution in [0.5, 0.6) is 0 Å². The molecule has 3 heteroatoms. The molecule has 0 heterocycles. The first kappa shape index (κ1) is 13.6. The molecule has 0 radical (unpaired) electrons. The van der Waals surface area contributed by atoms with Crippen LogP contribution in [0.3, 0.4) is 0 Å². The number of hydrogen-bond acceptors (Lipinski definition) is 2. The van der Waals surface area contributed by atoms with Crippen molar-refractivity contribution in [3.05, 3.63) is 13.2 Å². The summed E-state index contributed by atoms with van der Waals surface area (Å²) in [5.74, 6) is 0.593. The normalized spacial score (nSPS) is 11.5. The van der Waals surface area contributed by atoms with E-state index in [1.54, 1.807) is 7.05 Å². The van der Waals surface area contributed by atoms with Crippen LogP contribution in [0.4, 0.5) is 0 Å². The van der Waals surface area contributed by atoms with Gasteiger partial charge in [0.25, 0.3) is 0 Å². The van der Waals surface area contributed by atoms with E-state index in [2.05, 4.69) is 29.9 Å². The quantitative estimate of drug-likeness (QED) is 0.381. The van der Waals surface area contributed by atoms with Gasteiger partial charge in [0.1, 0.15) is 5.84 Å². The van der Waals surface area contributed by atoms with Crippen LogP contribution in [0.2, 0.25) is 0 Å². The smallest absolute Gasteiger partial charge is 0.130 e. The fourth-order valence-corrected chi connectivity index (χ4v) is 0.658. The molecule has 0 aliphatic carbocycles. The topological polar surface area (TPSA) is 45.0 Å². The Hall–Kier alpha value is -0.960. The van der Waals surface area contributed by atoms with Crippen molar-refractivity contribution < 1.29 is 5.11 Å². The molecule has 0 spiro atoms. The summed E-state index contributed by atoms with van der Waals surface area (Å²) in [6.07, 6.45) is 0. The highest BCUT2D eigenvalue weighted by Crippen LogP contribution is 2.16. The van der Waals surface area contributed by atoms with Crippen molar-refractivity contribution in [3.63, 3.8) is 0 Å². The largest absolute Gasteiger partial charge is 0.395 e. The minimum absolute atomic E-state index is 0.0404. The fraction of sp³-hybridized carbons (Fsp3) is 0.556. The van der Waals surface area contributed by atoms with E-state index in [4.69, 9.17) is 5.11 Å². The van der Waals surface area contributed by atoms with Crippen LogP contribution < -0.4 is 0 Å². The number of nitrogens with zero attached hydrogens (tertiary/aromatic N) is 2. The van der Waals surface area contributed by atoms with Gasteiger partial charge in [-0.3, -0.25) is 4.99 Å². The minimum Gasteiger partial charge on any atom is -0.395 e. The summed E-state index contributed by atoms with van der Waals surface area (Å²) in [6, 6.07) is 0. The zero-order chi connectivity index (χ0) is 10.2. The monoisotopic (exact) mass is 170 g/mol. The molecule has 0 saturated carbocycles. The number of rotatable bonds is 2. The molecule has 0 aromatic rings. The van der Waals surface area contributed by atoms with Gasteiger partial charge >= 0.3 is 0 Å². The third-order valence-corrected chi connectivity index (χ3v) is 1.36. The van der Waals surface area contributed by atoms with Gasteiger partial charge in [0, 0.05) is 12.5 Å². The van der Waals surface area contributed by atoms with Gasteiger partial charge in [-0.05, 0) is 6.72 Å². The van der Waals surface area contributed by atoms with Crippen molar-refractivity contribution in [3.8, 4) is 0 Å². The van der Waals surface area contributed by atoms with Gasteiger partial charge in [-0.25, -0.2) is 4.99 Å². The molecule has 0 bridgehead atoms. The number of aliphatic hydroxyl groups excluding tert-OH is 1. The average molecular weight is 170 g/mol. The second-order valence-electron chi connectivity index (χ2n) is 2.75. The molecule has 0 aliphatic rings. The molecule has 0 aromatic carbocycles. The molecule has 0 unspecified atom stereocenters. The van der Waals surface area contributed by atoms with Crippen molar-refractivity contribution in [2.24, 2.45) is 15.4 Å². The van der Waals surface area contributed by atoms with Crippen LogP contribution in [0.25, 0.3) is 0 Å². The Balaban J connectivity index is 0. The summed E-state index contributed by atoms with van der Waals surface area (Å²) in [5, 5.41) is 8.86. The lowest BCUT2D eigenvalue weighted by molar-refractivity contribution is 0.212. The second kappa shape index (κ2) is 6.73.